The van der Waals surface area contributed by atoms with Crippen molar-refractivity contribution < 1.29 is 0 Å². The third-order valence-electron chi connectivity index (χ3n) is 2.77. The predicted octanol–water partition coefficient (Wildman–Crippen LogP) is 4.09. The van der Waals surface area contributed by atoms with E-state index in [1.54, 1.807) is 0 Å². The quantitative estimate of drug-likeness (QED) is 0.745. The van der Waals surface area contributed by atoms with E-state index < -0.39 is 0 Å². The highest BCUT2D eigenvalue weighted by molar-refractivity contribution is 9.10. The Morgan fingerprint density at radius 2 is 2.29 bits per heavy atom. The van der Waals surface area contributed by atoms with Gasteiger partial charge in [-0.15, -0.1) is 0 Å². The van der Waals surface area contributed by atoms with Crippen LogP contribution in [0.1, 0.15) is 19.8 Å². The topological polar surface area (TPSA) is 3.24 Å². The maximum absolute atomic E-state index is 6.00. The summed E-state index contributed by atoms with van der Waals surface area (Å²) < 4.78 is 1.13. The summed E-state index contributed by atoms with van der Waals surface area (Å²) in [6, 6.07) is 6.59. The van der Waals surface area contributed by atoms with Gasteiger partial charge in [-0.25, -0.2) is 0 Å². The van der Waals surface area contributed by atoms with Crippen LogP contribution in [0.3, 0.4) is 0 Å². The smallest absolute Gasteiger partial charge is 0.0527 e. The molecule has 0 amide bonds. The summed E-state index contributed by atoms with van der Waals surface area (Å²) in [6.45, 7) is 3.40. The Kier molecular flexibility index (Phi) is 3.03. The fraction of sp³-hybridized carbons (Fsp3) is 0.455. The molecule has 1 unspecified atom stereocenters. The molecule has 1 aliphatic heterocycles. The summed E-state index contributed by atoms with van der Waals surface area (Å²) in [5.41, 5.74) is 1.22. The van der Waals surface area contributed by atoms with Crippen molar-refractivity contribution in [3.05, 3.63) is 27.7 Å². The summed E-state index contributed by atoms with van der Waals surface area (Å²) in [5.74, 6) is 0. The average Bonchev–Trinajstić information content (AvgIpc) is 2.56. The molecule has 0 aromatic heterocycles. The van der Waals surface area contributed by atoms with Crippen LogP contribution in [0.4, 0.5) is 5.69 Å². The molecule has 1 atom stereocenters. The van der Waals surface area contributed by atoms with E-state index in [1.807, 2.05) is 18.2 Å². The van der Waals surface area contributed by atoms with Crippen molar-refractivity contribution in [3.63, 3.8) is 0 Å². The number of hydrogen-bond donors (Lipinski definition) is 0. The molecule has 2 rings (SSSR count). The van der Waals surface area contributed by atoms with Crippen LogP contribution < -0.4 is 4.90 Å². The van der Waals surface area contributed by atoms with Crippen LogP contribution in [-0.2, 0) is 0 Å². The summed E-state index contributed by atoms with van der Waals surface area (Å²) in [7, 11) is 0. The molecule has 0 spiro atoms. The van der Waals surface area contributed by atoms with Gasteiger partial charge in [0.15, 0.2) is 0 Å². The van der Waals surface area contributed by atoms with Crippen LogP contribution in [0, 0.1) is 0 Å². The largest absolute Gasteiger partial charge is 0.368 e. The van der Waals surface area contributed by atoms with Crippen LogP contribution in [0.15, 0.2) is 22.7 Å². The third kappa shape index (κ3) is 1.91. The van der Waals surface area contributed by atoms with E-state index in [9.17, 15) is 0 Å². The van der Waals surface area contributed by atoms with E-state index in [4.69, 9.17) is 11.6 Å². The Labute approximate surface area is 98.2 Å². The molecule has 1 fully saturated rings. The minimum Gasteiger partial charge on any atom is -0.368 e. The molecule has 0 aliphatic carbocycles. The lowest BCUT2D eigenvalue weighted by atomic mass is 10.2. The van der Waals surface area contributed by atoms with Gasteiger partial charge in [-0.05, 0) is 53.9 Å². The molecule has 1 saturated heterocycles. The molecule has 1 aliphatic rings. The molecule has 1 aromatic rings. The first-order chi connectivity index (χ1) is 6.68. The van der Waals surface area contributed by atoms with Gasteiger partial charge in [-0.3, -0.25) is 0 Å². The Morgan fingerprint density at radius 1 is 1.50 bits per heavy atom. The van der Waals surface area contributed by atoms with Gasteiger partial charge in [0.05, 0.1) is 5.69 Å². The Morgan fingerprint density at radius 3 is 2.93 bits per heavy atom. The van der Waals surface area contributed by atoms with Gasteiger partial charge in [0.25, 0.3) is 0 Å². The number of halogens is 2. The van der Waals surface area contributed by atoms with Crippen LogP contribution in [0.2, 0.25) is 5.02 Å². The van der Waals surface area contributed by atoms with Gasteiger partial charge >= 0.3 is 0 Å². The second-order valence-corrected chi connectivity index (χ2v) is 5.07. The minimum absolute atomic E-state index is 0.629. The van der Waals surface area contributed by atoms with Crippen LogP contribution in [0.25, 0.3) is 0 Å². The standard InChI is InChI=1S/C11H13BrClN/c1-8-3-2-6-14(8)11-7-9(13)4-5-10(11)12/h4-5,7-8H,2-3,6H2,1H3. The molecule has 1 heterocycles. The lowest BCUT2D eigenvalue weighted by molar-refractivity contribution is 0.734. The molecule has 0 radical (unpaired) electrons. The fourth-order valence-corrected chi connectivity index (χ4v) is 2.64. The SMILES string of the molecule is CC1CCCN1c1cc(Cl)ccc1Br. The summed E-state index contributed by atoms with van der Waals surface area (Å²) in [5, 5.41) is 0.808. The lowest BCUT2D eigenvalue weighted by Gasteiger charge is -2.25. The molecule has 76 valence electrons. The van der Waals surface area contributed by atoms with Gasteiger partial charge in [-0.2, -0.15) is 0 Å². The molecule has 3 heteroatoms. The van der Waals surface area contributed by atoms with Crippen molar-refractivity contribution >= 4 is 33.2 Å². The molecule has 0 N–H and O–H groups in total. The van der Waals surface area contributed by atoms with E-state index in [-0.39, 0.29) is 0 Å². The maximum Gasteiger partial charge on any atom is 0.0527 e. The number of rotatable bonds is 1. The number of benzene rings is 1. The van der Waals surface area contributed by atoms with Crippen molar-refractivity contribution in [1.82, 2.24) is 0 Å². The van der Waals surface area contributed by atoms with Crippen molar-refractivity contribution in [2.45, 2.75) is 25.8 Å². The van der Waals surface area contributed by atoms with Crippen molar-refractivity contribution in [2.24, 2.45) is 0 Å². The van der Waals surface area contributed by atoms with Crippen molar-refractivity contribution in [3.8, 4) is 0 Å². The number of nitrogens with zero attached hydrogens (tertiary/aromatic N) is 1. The second-order valence-electron chi connectivity index (χ2n) is 3.78. The Bertz CT molecular complexity index is 340. The molecular formula is C11H13BrClN. The van der Waals surface area contributed by atoms with Crippen molar-refractivity contribution in [1.29, 1.82) is 0 Å². The molecule has 1 aromatic carbocycles. The van der Waals surface area contributed by atoms with E-state index in [1.165, 1.54) is 18.5 Å². The zero-order valence-corrected chi connectivity index (χ0v) is 10.5. The second kappa shape index (κ2) is 4.11. The van der Waals surface area contributed by atoms with Gasteiger partial charge in [0.2, 0.25) is 0 Å². The first-order valence-corrected chi connectivity index (χ1v) is 6.07. The molecule has 14 heavy (non-hydrogen) atoms. The minimum atomic E-state index is 0.629. The lowest BCUT2D eigenvalue weighted by Crippen LogP contribution is -2.26. The van der Waals surface area contributed by atoms with Crippen LogP contribution in [0.5, 0.6) is 0 Å². The van der Waals surface area contributed by atoms with E-state index >= 15 is 0 Å². The summed E-state index contributed by atoms with van der Waals surface area (Å²) >= 11 is 9.56. The summed E-state index contributed by atoms with van der Waals surface area (Å²) in [4.78, 5) is 2.41. The van der Waals surface area contributed by atoms with E-state index in [2.05, 4.69) is 27.8 Å². The molecule has 1 nitrogen and oxygen atoms in total. The van der Waals surface area contributed by atoms with Gasteiger partial charge in [-0.1, -0.05) is 11.6 Å². The zero-order valence-electron chi connectivity index (χ0n) is 8.13. The van der Waals surface area contributed by atoms with E-state index in [0.717, 1.165) is 16.0 Å². The van der Waals surface area contributed by atoms with Gasteiger partial charge in [0, 0.05) is 22.1 Å². The first kappa shape index (κ1) is 10.3. The number of anilines is 1. The molecule has 0 bridgehead atoms. The third-order valence-corrected chi connectivity index (χ3v) is 3.68. The predicted molar refractivity (Wildman–Crippen MR) is 65.2 cm³/mol. The zero-order chi connectivity index (χ0) is 10.1. The highest BCUT2D eigenvalue weighted by atomic mass is 79.9. The first-order valence-electron chi connectivity index (χ1n) is 4.90. The normalized spacial score (nSPS) is 21.6. The number of hydrogen-bond acceptors (Lipinski definition) is 1. The van der Waals surface area contributed by atoms with Crippen molar-refractivity contribution in [2.75, 3.05) is 11.4 Å². The van der Waals surface area contributed by atoms with Crippen LogP contribution >= 0.6 is 27.5 Å². The average molecular weight is 275 g/mol. The monoisotopic (exact) mass is 273 g/mol. The Hall–Kier alpha value is -0.210. The highest BCUT2D eigenvalue weighted by Gasteiger charge is 2.22. The fourth-order valence-electron chi connectivity index (χ4n) is 2.00. The van der Waals surface area contributed by atoms with Gasteiger partial charge in [0.1, 0.15) is 0 Å². The Balaban J connectivity index is 2.34. The van der Waals surface area contributed by atoms with Gasteiger partial charge < -0.3 is 4.90 Å². The molecule has 0 saturated carbocycles. The summed E-state index contributed by atoms with van der Waals surface area (Å²) in [6.07, 6.45) is 2.55. The van der Waals surface area contributed by atoms with Crippen LogP contribution in [-0.4, -0.2) is 12.6 Å². The van der Waals surface area contributed by atoms with E-state index in [0.29, 0.717) is 6.04 Å². The maximum atomic E-state index is 6.00. The molecular weight excluding hydrogens is 261 g/mol. The highest BCUT2D eigenvalue weighted by Crippen LogP contribution is 2.33.